The lowest BCUT2D eigenvalue weighted by atomic mass is 10.2. The van der Waals surface area contributed by atoms with Gasteiger partial charge in [0.15, 0.2) is 0 Å². The van der Waals surface area contributed by atoms with Crippen LogP contribution in [0.15, 0.2) is 36.9 Å². The molecule has 0 aliphatic rings. The molecule has 2 rings (SSSR count). The molecular formula is C14H19FN3+. The van der Waals surface area contributed by atoms with Gasteiger partial charge in [-0.2, -0.15) is 0 Å². The Morgan fingerprint density at radius 3 is 2.72 bits per heavy atom. The monoisotopic (exact) mass is 248 g/mol. The van der Waals surface area contributed by atoms with Crippen molar-refractivity contribution in [2.75, 3.05) is 0 Å². The molecule has 0 spiro atoms. The van der Waals surface area contributed by atoms with Gasteiger partial charge in [-0.25, -0.2) is 8.96 Å². The van der Waals surface area contributed by atoms with Gasteiger partial charge in [0.05, 0.1) is 6.54 Å². The number of hydrogen-bond donors (Lipinski definition) is 0. The van der Waals surface area contributed by atoms with Crippen molar-refractivity contribution in [3.8, 4) is 0 Å². The summed E-state index contributed by atoms with van der Waals surface area (Å²) >= 11 is 0. The highest BCUT2D eigenvalue weighted by Gasteiger charge is 2.05. The first-order chi connectivity index (χ1) is 8.78. The molecule has 96 valence electrons. The molecule has 0 bridgehead atoms. The number of unbranched alkanes of at least 4 members (excludes halogenated alkanes) is 2. The van der Waals surface area contributed by atoms with Gasteiger partial charge in [-0.05, 0) is 24.1 Å². The van der Waals surface area contributed by atoms with E-state index in [4.69, 9.17) is 0 Å². The second-order valence-electron chi connectivity index (χ2n) is 4.52. The Kier molecular flexibility index (Phi) is 4.45. The summed E-state index contributed by atoms with van der Waals surface area (Å²) in [6.45, 7) is 3.89. The van der Waals surface area contributed by atoms with E-state index in [0.29, 0.717) is 0 Å². The van der Waals surface area contributed by atoms with Crippen molar-refractivity contribution in [3.05, 3.63) is 48.3 Å². The Morgan fingerprint density at radius 1 is 1.22 bits per heavy atom. The summed E-state index contributed by atoms with van der Waals surface area (Å²) in [6, 6.07) is 6.58. The molecule has 1 aromatic carbocycles. The van der Waals surface area contributed by atoms with E-state index in [-0.39, 0.29) is 5.82 Å². The third-order valence-corrected chi connectivity index (χ3v) is 2.90. The van der Waals surface area contributed by atoms with E-state index < -0.39 is 0 Å². The Hall–Kier alpha value is -1.71. The molecule has 0 atom stereocenters. The van der Waals surface area contributed by atoms with Crippen molar-refractivity contribution in [2.24, 2.45) is 0 Å². The topological polar surface area (TPSA) is 21.7 Å². The van der Waals surface area contributed by atoms with Crippen LogP contribution in [0.1, 0.15) is 31.7 Å². The summed E-state index contributed by atoms with van der Waals surface area (Å²) in [4.78, 5) is 0. The zero-order valence-corrected chi connectivity index (χ0v) is 10.7. The number of aryl methyl sites for hydroxylation is 1. The average molecular weight is 248 g/mol. The van der Waals surface area contributed by atoms with Crippen LogP contribution in [-0.2, 0) is 13.1 Å². The molecule has 0 N–H and O–H groups in total. The van der Waals surface area contributed by atoms with Crippen LogP contribution < -0.4 is 4.57 Å². The predicted octanol–water partition coefficient (Wildman–Crippen LogP) is 2.55. The van der Waals surface area contributed by atoms with Gasteiger partial charge in [-0.3, -0.25) is 0 Å². The van der Waals surface area contributed by atoms with Gasteiger partial charge in [0.25, 0.3) is 6.33 Å². The summed E-state index contributed by atoms with van der Waals surface area (Å²) in [7, 11) is 0. The lowest BCUT2D eigenvalue weighted by Gasteiger charge is -1.97. The van der Waals surface area contributed by atoms with Crippen LogP contribution in [0.25, 0.3) is 0 Å². The Labute approximate surface area is 107 Å². The van der Waals surface area contributed by atoms with Crippen molar-refractivity contribution in [1.29, 1.82) is 0 Å². The molecule has 4 heteroatoms. The smallest absolute Gasteiger partial charge is 0.233 e. The van der Waals surface area contributed by atoms with Crippen molar-refractivity contribution in [1.82, 2.24) is 9.78 Å². The molecule has 2 aromatic rings. The highest BCUT2D eigenvalue weighted by Crippen LogP contribution is 2.02. The van der Waals surface area contributed by atoms with E-state index >= 15 is 0 Å². The van der Waals surface area contributed by atoms with Gasteiger partial charge in [0.2, 0.25) is 6.33 Å². The van der Waals surface area contributed by atoms with Crippen molar-refractivity contribution < 1.29 is 8.96 Å². The molecule has 0 saturated heterocycles. The molecule has 3 nitrogen and oxygen atoms in total. The van der Waals surface area contributed by atoms with Crippen LogP contribution in [0, 0.1) is 5.82 Å². The first kappa shape index (κ1) is 12.7. The Morgan fingerprint density at radius 2 is 2.00 bits per heavy atom. The summed E-state index contributed by atoms with van der Waals surface area (Å²) in [5.41, 5.74) is 1.08. The number of benzene rings is 1. The third-order valence-electron chi connectivity index (χ3n) is 2.90. The molecule has 0 radical (unpaired) electrons. The largest absolute Gasteiger partial charge is 0.265 e. The number of hydrogen-bond acceptors (Lipinski definition) is 1. The average Bonchev–Trinajstić information content (AvgIpc) is 2.80. The maximum atomic E-state index is 12.8. The normalized spacial score (nSPS) is 10.8. The summed E-state index contributed by atoms with van der Waals surface area (Å²) in [5.74, 6) is -0.195. The molecule has 1 aromatic heterocycles. The lowest BCUT2D eigenvalue weighted by Crippen LogP contribution is -2.31. The molecule has 0 unspecified atom stereocenters. The molecule has 0 aliphatic carbocycles. The fraction of sp³-hybridized carbons (Fsp3) is 0.429. The second kappa shape index (κ2) is 6.28. The summed E-state index contributed by atoms with van der Waals surface area (Å²) in [5, 5.41) is 4.31. The fourth-order valence-electron chi connectivity index (χ4n) is 1.89. The van der Waals surface area contributed by atoms with Gasteiger partial charge in [0.1, 0.15) is 12.4 Å². The first-order valence-electron chi connectivity index (χ1n) is 6.44. The van der Waals surface area contributed by atoms with E-state index in [2.05, 4.69) is 12.0 Å². The molecule has 0 amide bonds. The maximum absolute atomic E-state index is 12.8. The van der Waals surface area contributed by atoms with Gasteiger partial charge < -0.3 is 0 Å². The Balaban J connectivity index is 1.91. The second-order valence-corrected chi connectivity index (χ2v) is 4.52. The van der Waals surface area contributed by atoms with E-state index in [9.17, 15) is 4.39 Å². The zero-order valence-electron chi connectivity index (χ0n) is 10.7. The van der Waals surface area contributed by atoms with Crippen molar-refractivity contribution in [3.63, 3.8) is 0 Å². The predicted molar refractivity (Wildman–Crippen MR) is 67.4 cm³/mol. The highest BCUT2D eigenvalue weighted by atomic mass is 19.1. The Bertz CT molecular complexity index is 476. The number of nitrogens with zero attached hydrogens (tertiary/aromatic N) is 3. The number of halogens is 1. The van der Waals surface area contributed by atoms with Gasteiger partial charge in [-0.1, -0.05) is 31.9 Å². The fourth-order valence-corrected chi connectivity index (χ4v) is 1.89. The standard InChI is InChI=1S/C14H19FN3/c1-2-3-4-9-18-12-17(11-16-18)10-13-5-7-14(15)8-6-13/h5-8,11-12H,2-4,9-10H2,1H3/q+1. The minimum Gasteiger partial charge on any atom is -0.233 e. The SMILES string of the molecule is CCCCCn1c[n+](Cc2ccc(F)cc2)cn1. The van der Waals surface area contributed by atoms with Gasteiger partial charge in [0, 0.05) is 5.10 Å². The van der Waals surface area contributed by atoms with E-state index in [0.717, 1.165) is 25.1 Å². The van der Waals surface area contributed by atoms with E-state index in [1.165, 1.54) is 25.0 Å². The zero-order chi connectivity index (χ0) is 12.8. The van der Waals surface area contributed by atoms with Crippen LogP contribution >= 0.6 is 0 Å². The van der Waals surface area contributed by atoms with E-state index in [1.807, 2.05) is 21.9 Å². The van der Waals surface area contributed by atoms with Crippen LogP contribution in [0.4, 0.5) is 4.39 Å². The van der Waals surface area contributed by atoms with Gasteiger partial charge >= 0.3 is 0 Å². The van der Waals surface area contributed by atoms with Crippen LogP contribution in [0.2, 0.25) is 0 Å². The third kappa shape index (κ3) is 3.65. The quantitative estimate of drug-likeness (QED) is 0.568. The van der Waals surface area contributed by atoms with Gasteiger partial charge in [-0.15, -0.1) is 4.68 Å². The number of rotatable bonds is 6. The first-order valence-corrected chi connectivity index (χ1v) is 6.44. The molecular weight excluding hydrogens is 229 g/mol. The minimum atomic E-state index is -0.195. The molecule has 0 aliphatic heterocycles. The molecule has 1 heterocycles. The highest BCUT2D eigenvalue weighted by molar-refractivity contribution is 5.14. The maximum Gasteiger partial charge on any atom is 0.265 e. The molecule has 0 fully saturated rings. The molecule has 18 heavy (non-hydrogen) atoms. The van der Waals surface area contributed by atoms with Crippen LogP contribution in [0.5, 0.6) is 0 Å². The lowest BCUT2D eigenvalue weighted by molar-refractivity contribution is -0.689. The number of aromatic nitrogens is 3. The van der Waals surface area contributed by atoms with Crippen LogP contribution in [-0.4, -0.2) is 9.78 Å². The molecule has 0 saturated carbocycles. The summed E-state index contributed by atoms with van der Waals surface area (Å²) < 4.78 is 16.7. The minimum absolute atomic E-state index is 0.195. The van der Waals surface area contributed by atoms with E-state index in [1.54, 1.807) is 12.1 Å². The van der Waals surface area contributed by atoms with Crippen molar-refractivity contribution in [2.45, 2.75) is 39.3 Å². The summed E-state index contributed by atoms with van der Waals surface area (Å²) in [6.07, 6.45) is 7.43. The van der Waals surface area contributed by atoms with Crippen molar-refractivity contribution >= 4 is 0 Å². The van der Waals surface area contributed by atoms with Crippen LogP contribution in [0.3, 0.4) is 0 Å².